The van der Waals surface area contributed by atoms with Crippen LogP contribution in [0.5, 0.6) is 0 Å². The molecule has 0 aliphatic heterocycles. The zero-order valence-corrected chi connectivity index (χ0v) is 9.21. The second-order valence-corrected chi connectivity index (χ2v) is 4.91. The van der Waals surface area contributed by atoms with E-state index in [9.17, 15) is 4.57 Å². The summed E-state index contributed by atoms with van der Waals surface area (Å²) in [5, 5.41) is 0.00986. The first-order chi connectivity index (χ1) is 7.57. The molecule has 5 heteroatoms. The van der Waals surface area contributed by atoms with E-state index < -0.39 is 7.60 Å². The highest BCUT2D eigenvalue weighted by atomic mass is 31.2. The first kappa shape index (κ1) is 11.0. The van der Waals surface area contributed by atoms with Crippen molar-refractivity contribution in [2.45, 2.75) is 0 Å². The zero-order chi connectivity index (χ0) is 11.6. The average molecular weight is 235 g/mol. The quantitative estimate of drug-likeness (QED) is 0.775. The summed E-state index contributed by atoms with van der Waals surface area (Å²) in [7, 11) is -4.19. The van der Waals surface area contributed by atoms with E-state index in [0.29, 0.717) is 11.3 Å². The van der Waals surface area contributed by atoms with Gasteiger partial charge in [-0.1, -0.05) is 18.2 Å². The van der Waals surface area contributed by atoms with Crippen LogP contribution in [-0.4, -0.2) is 14.8 Å². The SMILES string of the molecule is O=P(O)(O)c1cccc(-c2ccccn2)c1. The number of hydrogen-bond donors (Lipinski definition) is 2. The number of benzene rings is 1. The van der Waals surface area contributed by atoms with Crippen molar-refractivity contribution in [2.24, 2.45) is 0 Å². The fourth-order valence-corrected chi connectivity index (χ4v) is 1.97. The summed E-state index contributed by atoms with van der Waals surface area (Å²) in [4.78, 5) is 22.2. The third-order valence-electron chi connectivity index (χ3n) is 2.14. The first-order valence-electron chi connectivity index (χ1n) is 4.65. The lowest BCUT2D eigenvalue weighted by Gasteiger charge is -2.06. The molecule has 2 N–H and O–H groups in total. The Kier molecular flexibility index (Phi) is 2.88. The molecule has 2 rings (SSSR count). The van der Waals surface area contributed by atoms with Gasteiger partial charge in [-0.15, -0.1) is 0 Å². The van der Waals surface area contributed by atoms with E-state index in [1.54, 1.807) is 30.5 Å². The summed E-state index contributed by atoms with van der Waals surface area (Å²) in [6.45, 7) is 0. The summed E-state index contributed by atoms with van der Waals surface area (Å²) in [6.07, 6.45) is 1.64. The normalized spacial score (nSPS) is 11.4. The van der Waals surface area contributed by atoms with Crippen LogP contribution in [0.4, 0.5) is 0 Å². The summed E-state index contributed by atoms with van der Waals surface area (Å²) in [5.74, 6) is 0. The van der Waals surface area contributed by atoms with E-state index in [4.69, 9.17) is 9.79 Å². The molecular weight excluding hydrogens is 225 g/mol. The second-order valence-electron chi connectivity index (χ2n) is 3.31. The molecule has 1 aromatic heterocycles. The van der Waals surface area contributed by atoms with Crippen LogP contribution in [0.15, 0.2) is 48.7 Å². The molecule has 4 nitrogen and oxygen atoms in total. The molecule has 0 fully saturated rings. The molecule has 2 aromatic rings. The van der Waals surface area contributed by atoms with Gasteiger partial charge in [-0.3, -0.25) is 9.55 Å². The molecule has 0 aliphatic carbocycles. The molecule has 0 atom stereocenters. The molecular formula is C11H10NO3P. The Bertz CT molecular complexity index is 536. The van der Waals surface area contributed by atoms with E-state index in [1.807, 2.05) is 6.07 Å². The van der Waals surface area contributed by atoms with Crippen LogP contribution in [0.3, 0.4) is 0 Å². The van der Waals surface area contributed by atoms with Crippen LogP contribution in [0.25, 0.3) is 11.3 Å². The molecule has 0 bridgehead atoms. The molecule has 0 amide bonds. The van der Waals surface area contributed by atoms with Gasteiger partial charge >= 0.3 is 7.60 Å². The lowest BCUT2D eigenvalue weighted by atomic mass is 10.1. The summed E-state index contributed by atoms with van der Waals surface area (Å²) in [6, 6.07) is 11.7. The van der Waals surface area contributed by atoms with E-state index in [-0.39, 0.29) is 5.30 Å². The lowest BCUT2D eigenvalue weighted by Crippen LogP contribution is -2.03. The molecule has 1 aromatic carbocycles. The number of rotatable bonds is 2. The maximum atomic E-state index is 11.1. The third-order valence-corrected chi connectivity index (χ3v) is 3.09. The van der Waals surface area contributed by atoms with Gasteiger partial charge in [0.1, 0.15) is 0 Å². The van der Waals surface area contributed by atoms with Gasteiger partial charge < -0.3 is 9.79 Å². The van der Waals surface area contributed by atoms with Crippen molar-refractivity contribution in [1.82, 2.24) is 4.98 Å². The Labute approximate surface area is 92.8 Å². The molecule has 0 saturated carbocycles. The highest BCUT2D eigenvalue weighted by Gasteiger charge is 2.17. The van der Waals surface area contributed by atoms with Crippen molar-refractivity contribution in [1.29, 1.82) is 0 Å². The van der Waals surface area contributed by atoms with Crippen molar-refractivity contribution < 1.29 is 14.4 Å². The van der Waals surface area contributed by atoms with E-state index in [0.717, 1.165) is 0 Å². The minimum atomic E-state index is -4.19. The monoisotopic (exact) mass is 235 g/mol. The maximum absolute atomic E-state index is 11.1. The summed E-state index contributed by atoms with van der Waals surface area (Å²) < 4.78 is 11.1. The minimum absolute atomic E-state index is 0.00986. The van der Waals surface area contributed by atoms with Crippen molar-refractivity contribution in [3.8, 4) is 11.3 Å². The van der Waals surface area contributed by atoms with Crippen LogP contribution in [0.1, 0.15) is 0 Å². The molecule has 0 aliphatic rings. The van der Waals surface area contributed by atoms with Crippen LogP contribution in [0.2, 0.25) is 0 Å². The molecule has 16 heavy (non-hydrogen) atoms. The molecule has 0 radical (unpaired) electrons. The number of aromatic nitrogens is 1. The average Bonchev–Trinajstić information content (AvgIpc) is 2.29. The van der Waals surface area contributed by atoms with Crippen LogP contribution >= 0.6 is 7.60 Å². The third kappa shape index (κ3) is 2.36. The number of nitrogens with zero attached hydrogens (tertiary/aromatic N) is 1. The fraction of sp³-hybridized carbons (Fsp3) is 0. The topological polar surface area (TPSA) is 70.4 Å². The first-order valence-corrected chi connectivity index (χ1v) is 6.26. The Morgan fingerprint density at radius 3 is 2.50 bits per heavy atom. The molecule has 0 unspecified atom stereocenters. The highest BCUT2D eigenvalue weighted by Crippen LogP contribution is 2.34. The predicted octanol–water partition coefficient (Wildman–Crippen LogP) is 1.55. The fourth-order valence-electron chi connectivity index (χ4n) is 1.38. The van der Waals surface area contributed by atoms with Gasteiger partial charge in [-0.05, 0) is 24.3 Å². The van der Waals surface area contributed by atoms with Crippen LogP contribution in [0, 0.1) is 0 Å². The molecule has 82 valence electrons. The number of pyridine rings is 1. The molecule has 0 saturated heterocycles. The van der Waals surface area contributed by atoms with Crippen molar-refractivity contribution in [2.75, 3.05) is 0 Å². The Balaban J connectivity index is 2.49. The van der Waals surface area contributed by atoms with E-state index in [1.165, 1.54) is 12.1 Å². The lowest BCUT2D eigenvalue weighted by molar-refractivity contribution is 0.387. The van der Waals surface area contributed by atoms with Gasteiger partial charge in [0, 0.05) is 11.8 Å². The van der Waals surface area contributed by atoms with Gasteiger partial charge in [0.25, 0.3) is 0 Å². The van der Waals surface area contributed by atoms with Gasteiger partial charge in [-0.25, -0.2) is 0 Å². The van der Waals surface area contributed by atoms with E-state index in [2.05, 4.69) is 4.98 Å². The smallest absolute Gasteiger partial charge is 0.321 e. The van der Waals surface area contributed by atoms with E-state index >= 15 is 0 Å². The Hall–Kier alpha value is -1.48. The van der Waals surface area contributed by atoms with Crippen molar-refractivity contribution >= 4 is 12.9 Å². The standard InChI is InChI=1S/C11H10NO3P/c13-16(14,15)10-5-3-4-9(8-10)11-6-1-2-7-12-11/h1-8H,(H2,13,14,15). The predicted molar refractivity (Wildman–Crippen MR) is 61.4 cm³/mol. The van der Waals surface area contributed by atoms with Gasteiger partial charge in [0.15, 0.2) is 0 Å². The largest absolute Gasteiger partial charge is 0.356 e. The number of hydrogen-bond acceptors (Lipinski definition) is 2. The van der Waals surface area contributed by atoms with Gasteiger partial charge in [0.2, 0.25) is 0 Å². The minimum Gasteiger partial charge on any atom is -0.321 e. The Morgan fingerprint density at radius 2 is 1.88 bits per heavy atom. The maximum Gasteiger partial charge on any atom is 0.356 e. The van der Waals surface area contributed by atoms with Gasteiger partial charge in [0.05, 0.1) is 11.0 Å². The Morgan fingerprint density at radius 1 is 1.06 bits per heavy atom. The zero-order valence-electron chi connectivity index (χ0n) is 8.32. The highest BCUT2D eigenvalue weighted by molar-refractivity contribution is 7.60. The summed E-state index contributed by atoms with van der Waals surface area (Å²) >= 11 is 0. The van der Waals surface area contributed by atoms with Crippen molar-refractivity contribution in [3.05, 3.63) is 48.7 Å². The van der Waals surface area contributed by atoms with Crippen molar-refractivity contribution in [3.63, 3.8) is 0 Å². The second kappa shape index (κ2) is 4.18. The van der Waals surface area contributed by atoms with Crippen LogP contribution < -0.4 is 5.30 Å². The molecule has 1 heterocycles. The molecule has 0 spiro atoms. The summed E-state index contributed by atoms with van der Waals surface area (Å²) in [5.41, 5.74) is 1.39. The van der Waals surface area contributed by atoms with Gasteiger partial charge in [-0.2, -0.15) is 0 Å². The van der Waals surface area contributed by atoms with Crippen LogP contribution in [-0.2, 0) is 4.57 Å².